The van der Waals surface area contributed by atoms with Crippen molar-refractivity contribution in [3.63, 3.8) is 0 Å². The van der Waals surface area contributed by atoms with Crippen molar-refractivity contribution in [2.45, 2.75) is 52.7 Å². The Kier molecular flexibility index (Phi) is 6.84. The molecule has 0 aliphatic heterocycles. The highest BCUT2D eigenvalue weighted by Gasteiger charge is 2.35. The molecule has 2 atom stereocenters. The van der Waals surface area contributed by atoms with E-state index in [2.05, 4.69) is 38.1 Å². The van der Waals surface area contributed by atoms with Crippen LogP contribution in [0.15, 0.2) is 0 Å². The molecule has 0 saturated heterocycles. The molecule has 0 rings (SSSR count). The molecular formula is C11H23ClN3O2P. The topological polar surface area (TPSA) is 85.2 Å². The summed E-state index contributed by atoms with van der Waals surface area (Å²) < 4.78 is 11.2. The van der Waals surface area contributed by atoms with Crippen molar-refractivity contribution in [2.24, 2.45) is 11.8 Å². The average molecular weight is 296 g/mol. The predicted molar refractivity (Wildman–Crippen MR) is 74.0 cm³/mol. The van der Waals surface area contributed by atoms with Gasteiger partial charge in [0.25, 0.3) is 0 Å². The molecule has 0 heterocycles. The highest BCUT2D eigenvalue weighted by Crippen LogP contribution is 2.42. The lowest BCUT2D eigenvalue weighted by Crippen LogP contribution is -2.58. The Morgan fingerprint density at radius 2 is 1.83 bits per heavy atom. The quantitative estimate of drug-likeness (QED) is 0.497. The maximum atomic E-state index is 11.2. The minimum atomic E-state index is -3.89. The lowest BCUT2D eigenvalue weighted by atomic mass is 9.78. The van der Waals surface area contributed by atoms with Crippen molar-refractivity contribution in [3.8, 4) is 6.07 Å². The van der Waals surface area contributed by atoms with Crippen LogP contribution in [0.4, 0.5) is 0 Å². The van der Waals surface area contributed by atoms with Crippen molar-refractivity contribution in [2.75, 3.05) is 0 Å². The molecule has 0 saturated carbocycles. The van der Waals surface area contributed by atoms with Crippen LogP contribution in [0.2, 0.25) is 0 Å². The van der Waals surface area contributed by atoms with Gasteiger partial charge in [-0.05, 0) is 30.0 Å². The van der Waals surface area contributed by atoms with Gasteiger partial charge in [0.1, 0.15) is 0 Å². The zero-order chi connectivity index (χ0) is 14.6. The Morgan fingerprint density at radius 3 is 2.11 bits per heavy atom. The standard InChI is InChI=1S/C11H23ClN3O2P/c1-8(2)11(5,9(3)4)14-10(6-7-13)15-18(12,16)17/h8-10,14H,6H2,1-5H3,(H2,15,16,17). The summed E-state index contributed by atoms with van der Waals surface area (Å²) in [7, 11) is 0. The first-order valence-corrected chi connectivity index (χ1v) is 8.54. The molecule has 0 spiro atoms. The van der Waals surface area contributed by atoms with Gasteiger partial charge < -0.3 is 4.89 Å². The monoisotopic (exact) mass is 295 g/mol. The molecule has 0 amide bonds. The van der Waals surface area contributed by atoms with E-state index in [0.29, 0.717) is 11.8 Å². The number of nitrogens with one attached hydrogen (secondary N) is 2. The molecule has 0 bridgehead atoms. The van der Waals surface area contributed by atoms with Crippen LogP contribution in [0.25, 0.3) is 0 Å². The van der Waals surface area contributed by atoms with Gasteiger partial charge in [0, 0.05) is 5.54 Å². The van der Waals surface area contributed by atoms with Gasteiger partial charge in [-0.25, -0.2) is 5.09 Å². The molecule has 0 aliphatic carbocycles. The fourth-order valence-corrected chi connectivity index (χ4v) is 2.68. The van der Waals surface area contributed by atoms with Gasteiger partial charge in [0.2, 0.25) is 0 Å². The lowest BCUT2D eigenvalue weighted by molar-refractivity contribution is 0.161. The summed E-state index contributed by atoms with van der Waals surface area (Å²) in [4.78, 5) is 9.15. The second-order valence-corrected chi connectivity index (χ2v) is 7.92. The Labute approximate surface area is 114 Å². The summed E-state index contributed by atoms with van der Waals surface area (Å²) in [5, 5.41) is 14.4. The van der Waals surface area contributed by atoms with Gasteiger partial charge in [-0.1, -0.05) is 27.7 Å². The average Bonchev–Trinajstić information content (AvgIpc) is 2.14. The molecule has 0 aromatic rings. The molecule has 106 valence electrons. The van der Waals surface area contributed by atoms with Crippen LogP contribution in [0, 0.1) is 23.2 Å². The van der Waals surface area contributed by atoms with Crippen LogP contribution >= 0.6 is 18.1 Å². The minimum absolute atomic E-state index is 0.0618. The molecule has 3 N–H and O–H groups in total. The summed E-state index contributed by atoms with van der Waals surface area (Å²) in [6.07, 6.45) is -0.551. The highest BCUT2D eigenvalue weighted by atomic mass is 35.7. The second-order valence-electron chi connectivity index (χ2n) is 5.28. The fourth-order valence-electron chi connectivity index (χ4n) is 1.79. The molecule has 0 fully saturated rings. The van der Waals surface area contributed by atoms with E-state index in [9.17, 15) is 4.57 Å². The number of nitrogens with zero attached hydrogens (tertiary/aromatic N) is 1. The normalized spacial score (nSPS) is 17.6. The first-order valence-electron chi connectivity index (χ1n) is 5.97. The molecule has 0 aromatic heterocycles. The Balaban J connectivity index is 4.95. The molecule has 0 aromatic carbocycles. The Hall–Kier alpha value is -0.110. The number of nitriles is 1. The highest BCUT2D eigenvalue weighted by molar-refractivity contribution is 7.82. The zero-order valence-corrected chi connectivity index (χ0v) is 13.2. The fraction of sp³-hybridized carbons (Fsp3) is 0.909. The van der Waals surface area contributed by atoms with E-state index in [-0.39, 0.29) is 12.0 Å². The predicted octanol–water partition coefficient (Wildman–Crippen LogP) is 2.82. The third-order valence-electron chi connectivity index (χ3n) is 3.49. The molecule has 0 aliphatic rings. The summed E-state index contributed by atoms with van der Waals surface area (Å²) in [5.74, 6) is 0.600. The van der Waals surface area contributed by atoms with Crippen LogP contribution < -0.4 is 10.4 Å². The smallest absolute Gasteiger partial charge is 0.322 e. The van der Waals surface area contributed by atoms with Crippen molar-refractivity contribution in [1.29, 1.82) is 5.26 Å². The third kappa shape index (κ3) is 5.69. The van der Waals surface area contributed by atoms with Crippen molar-refractivity contribution in [1.82, 2.24) is 10.4 Å². The van der Waals surface area contributed by atoms with Gasteiger partial charge in [0.15, 0.2) is 0 Å². The molecule has 2 unspecified atom stereocenters. The van der Waals surface area contributed by atoms with Crippen molar-refractivity contribution >= 4 is 18.1 Å². The first kappa shape index (κ1) is 17.9. The second kappa shape index (κ2) is 6.88. The van der Waals surface area contributed by atoms with E-state index in [4.69, 9.17) is 21.4 Å². The SMILES string of the molecule is CC(C)C(C)(NC(CC#N)NP(=O)(O)Cl)C(C)C. The van der Waals surface area contributed by atoms with Crippen LogP contribution in [-0.2, 0) is 4.57 Å². The largest absolute Gasteiger partial charge is 0.359 e. The summed E-state index contributed by atoms with van der Waals surface area (Å²) in [6.45, 7) is 6.40. The van der Waals surface area contributed by atoms with Gasteiger partial charge in [0.05, 0.1) is 18.7 Å². The van der Waals surface area contributed by atoms with Crippen LogP contribution in [0.3, 0.4) is 0 Å². The molecule has 5 nitrogen and oxygen atoms in total. The minimum Gasteiger partial charge on any atom is -0.322 e. The summed E-state index contributed by atoms with van der Waals surface area (Å²) >= 11 is 5.30. The van der Waals surface area contributed by atoms with Gasteiger partial charge in [-0.15, -0.1) is 0 Å². The molecule has 18 heavy (non-hydrogen) atoms. The molecule has 7 heteroatoms. The van der Waals surface area contributed by atoms with E-state index >= 15 is 0 Å². The van der Waals surface area contributed by atoms with E-state index < -0.39 is 13.0 Å². The zero-order valence-electron chi connectivity index (χ0n) is 11.6. The van der Waals surface area contributed by atoms with Gasteiger partial charge in [-0.2, -0.15) is 5.26 Å². The van der Waals surface area contributed by atoms with E-state index in [1.807, 2.05) is 13.0 Å². The van der Waals surface area contributed by atoms with Crippen LogP contribution in [-0.4, -0.2) is 16.6 Å². The van der Waals surface area contributed by atoms with Gasteiger partial charge in [-0.3, -0.25) is 9.88 Å². The summed E-state index contributed by atoms with van der Waals surface area (Å²) in [5.41, 5.74) is -0.263. The maximum absolute atomic E-state index is 11.2. The van der Waals surface area contributed by atoms with Crippen molar-refractivity contribution < 1.29 is 9.46 Å². The summed E-state index contributed by atoms with van der Waals surface area (Å²) in [6, 6.07) is 1.97. The van der Waals surface area contributed by atoms with E-state index in [1.165, 1.54) is 0 Å². The third-order valence-corrected chi connectivity index (χ3v) is 4.42. The first-order chi connectivity index (χ1) is 8.03. The Bertz CT molecular complexity index is 341. The van der Waals surface area contributed by atoms with E-state index in [0.717, 1.165) is 0 Å². The Morgan fingerprint density at radius 1 is 1.39 bits per heavy atom. The molecular weight excluding hydrogens is 273 g/mol. The number of hydrogen-bond donors (Lipinski definition) is 3. The number of rotatable bonds is 7. The van der Waals surface area contributed by atoms with Crippen LogP contribution in [0.1, 0.15) is 41.0 Å². The van der Waals surface area contributed by atoms with E-state index in [1.54, 1.807) is 0 Å². The maximum Gasteiger partial charge on any atom is 0.359 e. The lowest BCUT2D eigenvalue weighted by Gasteiger charge is -2.41. The number of hydrogen-bond acceptors (Lipinski definition) is 3. The van der Waals surface area contributed by atoms with Gasteiger partial charge >= 0.3 is 6.87 Å². The van der Waals surface area contributed by atoms with Crippen molar-refractivity contribution in [3.05, 3.63) is 0 Å². The molecule has 0 radical (unpaired) electrons. The van der Waals surface area contributed by atoms with Crippen LogP contribution in [0.5, 0.6) is 0 Å². The number of halogens is 1.